The minimum absolute atomic E-state index is 0.199. The summed E-state index contributed by atoms with van der Waals surface area (Å²) >= 11 is 0. The van der Waals surface area contributed by atoms with E-state index in [1.165, 1.54) is 0 Å². The number of nitrogens with one attached hydrogen (secondary N) is 1. The second-order valence-electron chi connectivity index (χ2n) is 5.58. The zero-order valence-electron chi connectivity index (χ0n) is 13.6. The maximum Gasteiger partial charge on any atom is 0.411 e. The highest BCUT2D eigenvalue weighted by atomic mass is 16.5. The molecule has 0 saturated carbocycles. The molecule has 0 spiro atoms. The molecule has 0 aliphatic carbocycles. The number of benzene rings is 3. The highest BCUT2D eigenvalue weighted by molar-refractivity contribution is 5.94. The predicted molar refractivity (Wildman–Crippen MR) is 101 cm³/mol. The third kappa shape index (κ3) is 4.09. The zero-order chi connectivity index (χ0) is 17.6. The van der Waals surface area contributed by atoms with Crippen molar-refractivity contribution in [3.63, 3.8) is 0 Å². The van der Waals surface area contributed by atoms with Crippen LogP contribution < -0.4 is 16.8 Å². The molecule has 0 radical (unpaired) electrons. The normalized spacial score (nSPS) is 10.2. The molecule has 3 rings (SSSR count). The number of nitrogen functional groups attached to an aromatic ring is 2. The fraction of sp³-hybridized carbons (Fsp3) is 0.0500. The Labute approximate surface area is 146 Å². The number of carbonyl (C=O) groups excluding carboxylic acids is 1. The van der Waals surface area contributed by atoms with Crippen LogP contribution in [-0.2, 0) is 11.3 Å². The van der Waals surface area contributed by atoms with E-state index in [1.54, 1.807) is 24.3 Å². The monoisotopic (exact) mass is 333 g/mol. The maximum absolute atomic E-state index is 12.1. The van der Waals surface area contributed by atoms with E-state index in [0.717, 1.165) is 16.7 Å². The van der Waals surface area contributed by atoms with E-state index < -0.39 is 6.09 Å². The summed E-state index contributed by atoms with van der Waals surface area (Å²) in [4.78, 5) is 12.1. The molecule has 0 unspecified atom stereocenters. The standard InChI is InChI=1S/C20H19N3O2/c21-15-10-11-19(17(12-15)16-8-4-5-9-18(16)22)23-20(24)25-13-14-6-2-1-3-7-14/h1-12H,13,21-22H2,(H,23,24). The fourth-order valence-corrected chi connectivity index (χ4v) is 2.51. The lowest BCUT2D eigenvalue weighted by Gasteiger charge is -2.14. The number of para-hydroxylation sites is 1. The molecule has 5 N–H and O–H groups in total. The quantitative estimate of drug-likeness (QED) is 0.622. The summed E-state index contributed by atoms with van der Waals surface area (Å²) in [6.07, 6.45) is -0.538. The van der Waals surface area contributed by atoms with Gasteiger partial charge in [0.2, 0.25) is 0 Å². The summed E-state index contributed by atoms with van der Waals surface area (Å²) in [7, 11) is 0. The van der Waals surface area contributed by atoms with Crippen LogP contribution in [0, 0.1) is 0 Å². The van der Waals surface area contributed by atoms with Crippen LogP contribution in [0.2, 0.25) is 0 Å². The minimum atomic E-state index is -0.538. The van der Waals surface area contributed by atoms with Gasteiger partial charge in [0.05, 0.1) is 5.69 Å². The molecule has 126 valence electrons. The van der Waals surface area contributed by atoms with Crippen LogP contribution in [0.3, 0.4) is 0 Å². The number of nitrogens with two attached hydrogens (primary N) is 2. The molecule has 0 saturated heterocycles. The highest BCUT2D eigenvalue weighted by Gasteiger charge is 2.12. The van der Waals surface area contributed by atoms with Gasteiger partial charge in [0.15, 0.2) is 0 Å². The third-order valence-corrected chi connectivity index (χ3v) is 3.74. The fourth-order valence-electron chi connectivity index (χ4n) is 2.51. The van der Waals surface area contributed by atoms with Gasteiger partial charge in [-0.3, -0.25) is 5.32 Å². The lowest BCUT2D eigenvalue weighted by Crippen LogP contribution is -2.14. The second kappa shape index (κ2) is 7.40. The molecule has 0 bridgehead atoms. The number of hydrogen-bond acceptors (Lipinski definition) is 4. The summed E-state index contributed by atoms with van der Waals surface area (Å²) in [5.41, 5.74) is 16.2. The smallest absolute Gasteiger partial charge is 0.411 e. The lowest BCUT2D eigenvalue weighted by molar-refractivity contribution is 0.155. The van der Waals surface area contributed by atoms with Crippen LogP contribution in [0.1, 0.15) is 5.56 Å². The Bertz CT molecular complexity index is 879. The molecule has 0 aliphatic heterocycles. The van der Waals surface area contributed by atoms with Crippen LogP contribution in [0.25, 0.3) is 11.1 Å². The van der Waals surface area contributed by atoms with Gasteiger partial charge >= 0.3 is 6.09 Å². The molecule has 5 nitrogen and oxygen atoms in total. The predicted octanol–water partition coefficient (Wildman–Crippen LogP) is 4.27. The Balaban J connectivity index is 1.78. The molecule has 0 aliphatic rings. The molecule has 0 fully saturated rings. The summed E-state index contributed by atoms with van der Waals surface area (Å²) < 4.78 is 5.27. The van der Waals surface area contributed by atoms with E-state index in [0.29, 0.717) is 17.1 Å². The number of hydrogen-bond donors (Lipinski definition) is 3. The Morgan fingerprint density at radius 3 is 2.36 bits per heavy atom. The largest absolute Gasteiger partial charge is 0.444 e. The Kier molecular flexibility index (Phi) is 4.85. The average molecular weight is 333 g/mol. The van der Waals surface area contributed by atoms with Gasteiger partial charge in [0, 0.05) is 22.5 Å². The first-order valence-corrected chi connectivity index (χ1v) is 7.85. The van der Waals surface area contributed by atoms with Gasteiger partial charge in [-0.05, 0) is 29.8 Å². The second-order valence-corrected chi connectivity index (χ2v) is 5.58. The first kappa shape index (κ1) is 16.4. The van der Waals surface area contributed by atoms with Crippen LogP contribution >= 0.6 is 0 Å². The van der Waals surface area contributed by atoms with Gasteiger partial charge in [-0.1, -0.05) is 48.5 Å². The molecule has 5 heteroatoms. The third-order valence-electron chi connectivity index (χ3n) is 3.74. The first-order valence-electron chi connectivity index (χ1n) is 7.85. The van der Waals surface area contributed by atoms with Crippen molar-refractivity contribution in [1.82, 2.24) is 0 Å². The van der Waals surface area contributed by atoms with E-state index >= 15 is 0 Å². The summed E-state index contributed by atoms with van der Waals surface area (Å²) in [6.45, 7) is 0.199. The van der Waals surface area contributed by atoms with Crippen molar-refractivity contribution in [3.05, 3.63) is 78.4 Å². The molecular formula is C20H19N3O2. The number of ether oxygens (including phenoxy) is 1. The van der Waals surface area contributed by atoms with E-state index in [-0.39, 0.29) is 6.61 Å². The number of anilines is 3. The van der Waals surface area contributed by atoms with Crippen molar-refractivity contribution in [3.8, 4) is 11.1 Å². The summed E-state index contributed by atoms with van der Waals surface area (Å²) in [6, 6.07) is 22.1. The average Bonchev–Trinajstić information content (AvgIpc) is 2.63. The minimum Gasteiger partial charge on any atom is -0.444 e. The first-order chi connectivity index (χ1) is 12.1. The Morgan fingerprint density at radius 2 is 1.60 bits per heavy atom. The van der Waals surface area contributed by atoms with E-state index in [9.17, 15) is 4.79 Å². The van der Waals surface area contributed by atoms with Crippen molar-refractivity contribution >= 4 is 23.2 Å². The van der Waals surface area contributed by atoms with Gasteiger partial charge in [-0.25, -0.2) is 4.79 Å². The van der Waals surface area contributed by atoms with E-state index in [1.807, 2.05) is 48.5 Å². The summed E-state index contributed by atoms with van der Waals surface area (Å²) in [5, 5.41) is 2.76. The van der Waals surface area contributed by atoms with Crippen molar-refractivity contribution in [1.29, 1.82) is 0 Å². The van der Waals surface area contributed by atoms with Crippen LogP contribution in [0.4, 0.5) is 21.9 Å². The van der Waals surface area contributed by atoms with Crippen LogP contribution in [0.5, 0.6) is 0 Å². The van der Waals surface area contributed by atoms with Crippen molar-refractivity contribution in [2.24, 2.45) is 0 Å². The van der Waals surface area contributed by atoms with E-state index in [2.05, 4.69) is 5.32 Å². The van der Waals surface area contributed by atoms with Gasteiger partial charge in [-0.2, -0.15) is 0 Å². The Hall–Kier alpha value is -3.47. The Morgan fingerprint density at radius 1 is 0.880 bits per heavy atom. The maximum atomic E-state index is 12.1. The molecular weight excluding hydrogens is 314 g/mol. The number of rotatable bonds is 4. The molecule has 25 heavy (non-hydrogen) atoms. The van der Waals surface area contributed by atoms with Gasteiger partial charge in [0.1, 0.15) is 6.61 Å². The van der Waals surface area contributed by atoms with Crippen LogP contribution in [-0.4, -0.2) is 6.09 Å². The lowest BCUT2D eigenvalue weighted by atomic mass is 10.0. The molecule has 1 amide bonds. The van der Waals surface area contributed by atoms with Crippen molar-refractivity contribution in [2.75, 3.05) is 16.8 Å². The molecule has 3 aromatic carbocycles. The highest BCUT2D eigenvalue weighted by Crippen LogP contribution is 2.33. The molecule has 0 aromatic heterocycles. The zero-order valence-corrected chi connectivity index (χ0v) is 13.6. The summed E-state index contributed by atoms with van der Waals surface area (Å²) in [5.74, 6) is 0. The number of amides is 1. The SMILES string of the molecule is Nc1ccc(NC(=O)OCc2ccccc2)c(-c2ccccc2N)c1. The van der Waals surface area contributed by atoms with E-state index in [4.69, 9.17) is 16.2 Å². The molecule has 3 aromatic rings. The van der Waals surface area contributed by atoms with Crippen molar-refractivity contribution < 1.29 is 9.53 Å². The van der Waals surface area contributed by atoms with Crippen molar-refractivity contribution in [2.45, 2.75) is 6.61 Å². The van der Waals surface area contributed by atoms with Gasteiger partial charge in [0.25, 0.3) is 0 Å². The van der Waals surface area contributed by atoms with Crippen LogP contribution in [0.15, 0.2) is 72.8 Å². The topological polar surface area (TPSA) is 90.4 Å². The molecule has 0 atom stereocenters. The molecule has 0 heterocycles. The number of carbonyl (C=O) groups is 1. The van der Waals surface area contributed by atoms with Gasteiger partial charge in [-0.15, -0.1) is 0 Å². The van der Waals surface area contributed by atoms with Gasteiger partial charge < -0.3 is 16.2 Å².